The molecule has 2 aliphatic rings. The minimum Gasteiger partial charge on any atom is -0.497 e. The Kier molecular flexibility index (Phi) is 5.58. The third-order valence-electron chi connectivity index (χ3n) is 6.70. The van der Waals surface area contributed by atoms with Crippen LogP contribution in [0.15, 0.2) is 72.8 Å². The van der Waals surface area contributed by atoms with E-state index < -0.39 is 5.92 Å². The highest BCUT2D eigenvalue weighted by Crippen LogP contribution is 2.44. The van der Waals surface area contributed by atoms with E-state index in [0.717, 1.165) is 41.2 Å². The number of amides is 1. The summed E-state index contributed by atoms with van der Waals surface area (Å²) in [6.07, 6.45) is 1.72. The van der Waals surface area contributed by atoms with E-state index in [1.54, 1.807) is 7.11 Å². The van der Waals surface area contributed by atoms with E-state index in [1.807, 2.05) is 60.7 Å². The highest BCUT2D eigenvalue weighted by molar-refractivity contribution is 5.89. The Balaban J connectivity index is 1.43. The van der Waals surface area contributed by atoms with Crippen LogP contribution in [0.2, 0.25) is 0 Å². The molecule has 0 spiro atoms. The van der Waals surface area contributed by atoms with Gasteiger partial charge in [-0.15, -0.1) is 0 Å². The maximum Gasteiger partial charge on any atom is 0.232 e. The molecule has 164 valence electrons. The van der Waals surface area contributed by atoms with Crippen molar-refractivity contribution >= 4 is 5.91 Å². The van der Waals surface area contributed by atoms with Gasteiger partial charge in [-0.05, 0) is 42.7 Å². The van der Waals surface area contributed by atoms with Gasteiger partial charge in [0.25, 0.3) is 0 Å². The normalized spacial score (nSPS) is 16.9. The van der Waals surface area contributed by atoms with Crippen molar-refractivity contribution in [2.45, 2.75) is 24.2 Å². The number of carbonyl (C=O) groups excluding carboxylic acids is 1. The molecule has 2 heterocycles. The molecule has 5 heteroatoms. The zero-order chi connectivity index (χ0) is 22.0. The Morgan fingerprint density at radius 3 is 2.12 bits per heavy atom. The maximum atomic E-state index is 13.6. The molecule has 0 saturated carbocycles. The van der Waals surface area contributed by atoms with Crippen molar-refractivity contribution in [1.29, 1.82) is 0 Å². The first kappa shape index (κ1) is 20.6. The van der Waals surface area contributed by atoms with Crippen LogP contribution in [0.1, 0.15) is 35.4 Å². The van der Waals surface area contributed by atoms with Gasteiger partial charge >= 0.3 is 0 Å². The second-order valence-corrected chi connectivity index (χ2v) is 8.45. The first-order valence-corrected chi connectivity index (χ1v) is 11.1. The number of hydrogen-bond donors (Lipinski definition) is 1. The molecule has 0 atom stereocenters. The first-order valence-electron chi connectivity index (χ1n) is 11.1. The van der Waals surface area contributed by atoms with E-state index in [1.165, 1.54) is 5.56 Å². The molecule has 1 fully saturated rings. The Morgan fingerprint density at radius 2 is 1.53 bits per heavy atom. The average Bonchev–Trinajstić information content (AvgIpc) is 2.86. The van der Waals surface area contributed by atoms with Crippen molar-refractivity contribution in [2.75, 3.05) is 26.9 Å². The van der Waals surface area contributed by atoms with Crippen LogP contribution in [-0.2, 0) is 14.9 Å². The zero-order valence-electron chi connectivity index (χ0n) is 18.2. The molecule has 0 radical (unpaired) electrons. The smallest absolute Gasteiger partial charge is 0.232 e. The third kappa shape index (κ3) is 3.73. The number of carbonyl (C=O) groups is 1. The average molecular weight is 430 g/mol. The minimum atomic E-state index is -0.399. The maximum absolute atomic E-state index is 13.6. The lowest BCUT2D eigenvalue weighted by Crippen LogP contribution is -2.46. The summed E-state index contributed by atoms with van der Waals surface area (Å²) in [5.74, 6) is 1.90. The van der Waals surface area contributed by atoms with Crippen LogP contribution in [0.4, 0.5) is 0 Å². The van der Waals surface area contributed by atoms with Crippen molar-refractivity contribution in [1.82, 2.24) is 5.32 Å². The first-order chi connectivity index (χ1) is 15.7. The summed E-state index contributed by atoms with van der Waals surface area (Å²) in [6, 6.07) is 23.7. The topological polar surface area (TPSA) is 56.8 Å². The fourth-order valence-electron chi connectivity index (χ4n) is 4.82. The molecule has 32 heavy (non-hydrogen) atoms. The summed E-state index contributed by atoms with van der Waals surface area (Å²) in [7, 11) is 1.67. The van der Waals surface area contributed by atoms with Crippen LogP contribution in [0.3, 0.4) is 0 Å². The third-order valence-corrected chi connectivity index (χ3v) is 6.70. The van der Waals surface area contributed by atoms with Gasteiger partial charge in [0.05, 0.1) is 13.0 Å². The summed E-state index contributed by atoms with van der Waals surface area (Å²) in [4.78, 5) is 13.6. The number of rotatable bonds is 5. The van der Waals surface area contributed by atoms with Crippen molar-refractivity contribution in [2.24, 2.45) is 0 Å². The standard InChI is InChI=1S/C27H27NO4/c1-30-20-12-10-19(11-13-20)27(14-16-31-17-15-27)18-28-26(29)25-21-6-2-4-8-23(21)32-24-9-5-3-7-22(24)25/h2-13,25H,14-18H2,1H3,(H,28,29). The predicted octanol–water partition coefficient (Wildman–Crippen LogP) is 4.80. The summed E-state index contributed by atoms with van der Waals surface area (Å²) < 4.78 is 17.0. The lowest BCUT2D eigenvalue weighted by atomic mass is 9.74. The molecule has 0 unspecified atom stereocenters. The Labute approximate surface area is 188 Å². The molecule has 0 aromatic heterocycles. The number of fused-ring (bicyclic) bond motifs is 2. The monoisotopic (exact) mass is 429 g/mol. The SMILES string of the molecule is COc1ccc(C2(CNC(=O)C3c4ccccc4Oc4ccccc43)CCOCC2)cc1. The minimum absolute atomic E-state index is 0.00687. The van der Waals surface area contributed by atoms with Gasteiger partial charge in [0.2, 0.25) is 5.91 Å². The Hall–Kier alpha value is -3.31. The number of methoxy groups -OCH3 is 1. The van der Waals surface area contributed by atoms with Crippen LogP contribution in [-0.4, -0.2) is 32.8 Å². The fraction of sp³-hybridized carbons (Fsp3) is 0.296. The van der Waals surface area contributed by atoms with E-state index in [-0.39, 0.29) is 11.3 Å². The molecular weight excluding hydrogens is 402 g/mol. The van der Waals surface area contributed by atoms with Crippen LogP contribution in [0, 0.1) is 0 Å². The molecule has 2 aliphatic heterocycles. The number of benzene rings is 3. The Bertz CT molecular complexity index is 1060. The van der Waals surface area contributed by atoms with Crippen molar-refractivity contribution in [3.8, 4) is 17.2 Å². The lowest BCUT2D eigenvalue weighted by molar-refractivity contribution is -0.122. The summed E-state index contributed by atoms with van der Waals surface area (Å²) in [6.45, 7) is 1.93. The van der Waals surface area contributed by atoms with E-state index in [0.29, 0.717) is 19.8 Å². The number of ether oxygens (including phenoxy) is 3. The highest BCUT2D eigenvalue weighted by Gasteiger charge is 2.37. The second-order valence-electron chi connectivity index (χ2n) is 8.45. The molecule has 0 aliphatic carbocycles. The van der Waals surface area contributed by atoms with Crippen molar-refractivity contribution in [3.63, 3.8) is 0 Å². The quantitative estimate of drug-likeness (QED) is 0.633. The predicted molar refractivity (Wildman–Crippen MR) is 123 cm³/mol. The fourth-order valence-corrected chi connectivity index (χ4v) is 4.82. The van der Waals surface area contributed by atoms with Gasteiger partial charge in [0.1, 0.15) is 17.2 Å². The summed E-state index contributed by atoms with van der Waals surface area (Å²) >= 11 is 0. The molecule has 0 bridgehead atoms. The summed E-state index contributed by atoms with van der Waals surface area (Å²) in [5.41, 5.74) is 2.84. The molecule has 1 saturated heterocycles. The van der Waals surface area contributed by atoms with Crippen molar-refractivity contribution < 1.29 is 19.0 Å². The van der Waals surface area contributed by atoms with Gasteiger partial charge in [0, 0.05) is 36.3 Å². The Morgan fingerprint density at radius 1 is 0.938 bits per heavy atom. The number of nitrogens with one attached hydrogen (secondary N) is 1. The van der Waals surface area contributed by atoms with Gasteiger partial charge < -0.3 is 19.5 Å². The van der Waals surface area contributed by atoms with E-state index in [9.17, 15) is 4.79 Å². The molecule has 5 rings (SSSR count). The van der Waals surface area contributed by atoms with E-state index >= 15 is 0 Å². The molecule has 1 N–H and O–H groups in total. The van der Waals surface area contributed by atoms with Crippen LogP contribution >= 0.6 is 0 Å². The summed E-state index contributed by atoms with van der Waals surface area (Å²) in [5, 5.41) is 3.29. The molecular formula is C27H27NO4. The molecule has 1 amide bonds. The van der Waals surface area contributed by atoms with Gasteiger partial charge in [-0.3, -0.25) is 4.79 Å². The van der Waals surface area contributed by atoms with Gasteiger partial charge in [0.15, 0.2) is 0 Å². The van der Waals surface area contributed by atoms with Gasteiger partial charge in [-0.2, -0.15) is 0 Å². The van der Waals surface area contributed by atoms with Crippen molar-refractivity contribution in [3.05, 3.63) is 89.5 Å². The number of hydrogen-bond acceptors (Lipinski definition) is 4. The van der Waals surface area contributed by atoms with Gasteiger partial charge in [-0.1, -0.05) is 48.5 Å². The van der Waals surface area contributed by atoms with Gasteiger partial charge in [-0.25, -0.2) is 0 Å². The van der Waals surface area contributed by atoms with Crippen LogP contribution < -0.4 is 14.8 Å². The van der Waals surface area contributed by atoms with Crippen LogP contribution in [0.5, 0.6) is 17.2 Å². The lowest BCUT2D eigenvalue weighted by Gasteiger charge is -2.38. The molecule has 5 nitrogen and oxygen atoms in total. The van der Waals surface area contributed by atoms with E-state index in [2.05, 4.69) is 17.4 Å². The van der Waals surface area contributed by atoms with E-state index in [4.69, 9.17) is 14.2 Å². The largest absolute Gasteiger partial charge is 0.497 e. The zero-order valence-corrected chi connectivity index (χ0v) is 18.2. The van der Waals surface area contributed by atoms with Crippen LogP contribution in [0.25, 0.3) is 0 Å². The second kappa shape index (κ2) is 8.67. The number of para-hydroxylation sites is 2. The molecule has 3 aromatic rings. The molecule has 3 aromatic carbocycles. The highest BCUT2D eigenvalue weighted by atomic mass is 16.5.